The molecule has 1 unspecified atom stereocenters. The number of hydrogen-bond acceptors (Lipinski definition) is 5. The fourth-order valence-corrected chi connectivity index (χ4v) is 4.23. The Kier molecular flexibility index (Phi) is 9.12. The fraction of sp³-hybridized carbons (Fsp3) is 0.214. The van der Waals surface area contributed by atoms with Gasteiger partial charge in [-0.3, -0.25) is 14.6 Å². The number of hydrogen-bond donors (Lipinski definition) is 3. The third-order valence-corrected chi connectivity index (χ3v) is 6.77. The number of halogens is 2. The molecule has 0 fully saturated rings. The molecule has 0 saturated heterocycles. The Labute approximate surface area is 231 Å². The van der Waals surface area contributed by atoms with Crippen molar-refractivity contribution in [2.24, 2.45) is 11.7 Å². The molecule has 0 radical (unpaired) electrons. The minimum Gasteiger partial charge on any atom is -0.368 e. The number of rotatable bonds is 11. The molecule has 8 nitrogen and oxygen atoms in total. The van der Waals surface area contributed by atoms with Crippen molar-refractivity contribution in [2.45, 2.75) is 25.9 Å². The minimum absolute atomic E-state index is 0.258. The van der Waals surface area contributed by atoms with Gasteiger partial charge in [0, 0.05) is 43.4 Å². The first-order valence-electron chi connectivity index (χ1n) is 12.1. The van der Waals surface area contributed by atoms with Gasteiger partial charge in [-0.05, 0) is 42.0 Å². The predicted octanol–water partition coefficient (Wildman–Crippen LogP) is 4.18. The Bertz CT molecular complexity index is 1400. The van der Waals surface area contributed by atoms with Crippen LogP contribution >= 0.6 is 23.2 Å². The molecule has 4 N–H and O–H groups in total. The average molecular weight is 551 g/mol. The fourth-order valence-electron chi connectivity index (χ4n) is 3.94. The third kappa shape index (κ3) is 6.98. The summed E-state index contributed by atoms with van der Waals surface area (Å²) in [5.74, 6) is -1.24. The van der Waals surface area contributed by atoms with Gasteiger partial charge in [-0.15, -0.1) is 0 Å². The van der Waals surface area contributed by atoms with Crippen LogP contribution in [0.1, 0.15) is 18.2 Å². The summed E-state index contributed by atoms with van der Waals surface area (Å²) in [5, 5.41) is 11.7. The van der Waals surface area contributed by atoms with Crippen LogP contribution in [0.3, 0.4) is 0 Å². The second-order valence-electron chi connectivity index (χ2n) is 8.96. The van der Waals surface area contributed by atoms with Gasteiger partial charge >= 0.3 is 0 Å². The first-order valence-corrected chi connectivity index (χ1v) is 12.9. The molecule has 2 aromatic carbocycles. The van der Waals surface area contributed by atoms with Gasteiger partial charge in [-0.2, -0.15) is 5.10 Å². The SMILES string of the molecule is CC(CNCc1cc(-c2cccnc2)nn1-c1ccc(Cl)c(Cl)c1)C(=O)N[C@@H](Cc1ccccc1)C(N)=O. The summed E-state index contributed by atoms with van der Waals surface area (Å²) >= 11 is 12.4. The van der Waals surface area contributed by atoms with E-state index >= 15 is 0 Å². The van der Waals surface area contributed by atoms with E-state index in [4.69, 9.17) is 34.0 Å². The first-order chi connectivity index (χ1) is 18.3. The molecule has 0 saturated carbocycles. The zero-order valence-electron chi connectivity index (χ0n) is 20.8. The molecular weight excluding hydrogens is 523 g/mol. The Morgan fingerprint density at radius 1 is 1.03 bits per heavy atom. The number of aromatic nitrogens is 3. The Morgan fingerprint density at radius 2 is 1.82 bits per heavy atom. The lowest BCUT2D eigenvalue weighted by Gasteiger charge is -2.19. The number of benzene rings is 2. The summed E-state index contributed by atoms with van der Waals surface area (Å²) in [5.41, 5.74) is 9.70. The predicted molar refractivity (Wildman–Crippen MR) is 149 cm³/mol. The van der Waals surface area contributed by atoms with Gasteiger partial charge in [0.25, 0.3) is 0 Å². The van der Waals surface area contributed by atoms with Crippen molar-refractivity contribution in [3.63, 3.8) is 0 Å². The van der Waals surface area contributed by atoms with E-state index in [1.54, 1.807) is 36.1 Å². The molecule has 0 aliphatic heterocycles. The third-order valence-electron chi connectivity index (χ3n) is 6.03. The van der Waals surface area contributed by atoms with Crippen LogP contribution in [-0.2, 0) is 22.6 Å². The Balaban J connectivity index is 1.43. The largest absolute Gasteiger partial charge is 0.368 e. The van der Waals surface area contributed by atoms with E-state index in [0.29, 0.717) is 29.6 Å². The maximum Gasteiger partial charge on any atom is 0.240 e. The summed E-state index contributed by atoms with van der Waals surface area (Å²) in [6.07, 6.45) is 3.79. The quantitative estimate of drug-likeness (QED) is 0.259. The van der Waals surface area contributed by atoms with Gasteiger partial charge in [0.15, 0.2) is 0 Å². The summed E-state index contributed by atoms with van der Waals surface area (Å²) in [6, 6.07) is 19.7. The normalized spacial score (nSPS) is 12.6. The molecule has 0 bridgehead atoms. The molecule has 2 aromatic heterocycles. The lowest BCUT2D eigenvalue weighted by molar-refractivity contribution is -0.129. The van der Waals surface area contributed by atoms with Crippen LogP contribution < -0.4 is 16.4 Å². The molecule has 0 spiro atoms. The highest BCUT2D eigenvalue weighted by atomic mass is 35.5. The van der Waals surface area contributed by atoms with E-state index in [9.17, 15) is 9.59 Å². The molecular formula is C28H28Cl2N6O2. The van der Waals surface area contributed by atoms with Gasteiger partial charge in [-0.25, -0.2) is 4.68 Å². The first kappa shape index (κ1) is 27.3. The van der Waals surface area contributed by atoms with Crippen LogP contribution in [0.5, 0.6) is 0 Å². The molecule has 4 aromatic rings. The average Bonchev–Trinajstić information content (AvgIpc) is 3.35. The van der Waals surface area contributed by atoms with Gasteiger partial charge in [-0.1, -0.05) is 60.5 Å². The monoisotopic (exact) mass is 550 g/mol. The minimum atomic E-state index is -0.787. The van der Waals surface area contributed by atoms with Crippen molar-refractivity contribution in [3.05, 3.63) is 100 Å². The second kappa shape index (κ2) is 12.7. The molecule has 38 heavy (non-hydrogen) atoms. The zero-order chi connectivity index (χ0) is 27.1. The maximum atomic E-state index is 12.8. The summed E-state index contributed by atoms with van der Waals surface area (Å²) < 4.78 is 1.78. The molecule has 0 aliphatic rings. The van der Waals surface area contributed by atoms with Crippen LogP contribution in [-0.4, -0.2) is 39.2 Å². The van der Waals surface area contributed by atoms with Gasteiger partial charge in [0.05, 0.1) is 27.1 Å². The number of amides is 2. The van der Waals surface area contributed by atoms with Crippen molar-refractivity contribution in [1.82, 2.24) is 25.4 Å². The number of nitrogens with two attached hydrogens (primary N) is 1. The van der Waals surface area contributed by atoms with Crippen molar-refractivity contribution in [1.29, 1.82) is 0 Å². The molecule has 4 rings (SSSR count). The number of carbonyl (C=O) groups excluding carboxylic acids is 2. The Hall–Kier alpha value is -3.72. The highest BCUT2D eigenvalue weighted by Crippen LogP contribution is 2.27. The number of carbonyl (C=O) groups is 2. The molecule has 10 heteroatoms. The summed E-state index contributed by atoms with van der Waals surface area (Å²) in [4.78, 5) is 29.0. The van der Waals surface area contributed by atoms with E-state index in [0.717, 1.165) is 28.2 Å². The number of nitrogens with zero attached hydrogens (tertiary/aromatic N) is 3. The molecule has 2 amide bonds. The zero-order valence-corrected chi connectivity index (χ0v) is 22.3. The van der Waals surface area contributed by atoms with Gasteiger partial charge in [0.2, 0.25) is 11.8 Å². The second-order valence-corrected chi connectivity index (χ2v) is 9.77. The molecule has 2 atom stereocenters. The molecule has 0 aliphatic carbocycles. The highest BCUT2D eigenvalue weighted by Gasteiger charge is 2.22. The van der Waals surface area contributed by atoms with Crippen LogP contribution in [0.25, 0.3) is 16.9 Å². The van der Waals surface area contributed by atoms with Crippen LogP contribution in [0.2, 0.25) is 10.0 Å². The van der Waals surface area contributed by atoms with E-state index in [-0.39, 0.29) is 5.91 Å². The molecule has 196 valence electrons. The molecule has 2 heterocycles. The van der Waals surface area contributed by atoms with Crippen LogP contribution in [0.15, 0.2) is 79.1 Å². The van der Waals surface area contributed by atoms with Crippen LogP contribution in [0.4, 0.5) is 0 Å². The number of primary amides is 1. The van der Waals surface area contributed by atoms with Crippen LogP contribution in [0, 0.1) is 5.92 Å². The Morgan fingerprint density at radius 3 is 2.50 bits per heavy atom. The lowest BCUT2D eigenvalue weighted by Crippen LogP contribution is -2.48. The topological polar surface area (TPSA) is 115 Å². The number of pyridine rings is 1. The van der Waals surface area contributed by atoms with E-state index < -0.39 is 17.9 Å². The van der Waals surface area contributed by atoms with Crippen molar-refractivity contribution in [3.8, 4) is 16.9 Å². The smallest absolute Gasteiger partial charge is 0.240 e. The van der Waals surface area contributed by atoms with Crippen molar-refractivity contribution in [2.75, 3.05) is 6.54 Å². The summed E-state index contributed by atoms with van der Waals surface area (Å²) in [6.45, 7) is 2.59. The van der Waals surface area contributed by atoms with Gasteiger partial charge in [0.1, 0.15) is 6.04 Å². The summed E-state index contributed by atoms with van der Waals surface area (Å²) in [7, 11) is 0. The van der Waals surface area contributed by atoms with E-state index in [1.165, 1.54) is 0 Å². The maximum absolute atomic E-state index is 12.8. The lowest BCUT2D eigenvalue weighted by atomic mass is 10.0. The van der Waals surface area contributed by atoms with Gasteiger partial charge < -0.3 is 16.4 Å². The highest BCUT2D eigenvalue weighted by molar-refractivity contribution is 6.42. The van der Waals surface area contributed by atoms with Crippen molar-refractivity contribution < 1.29 is 9.59 Å². The van der Waals surface area contributed by atoms with Crippen molar-refractivity contribution >= 4 is 35.0 Å². The van der Waals surface area contributed by atoms with E-state index in [1.807, 2.05) is 54.6 Å². The van der Waals surface area contributed by atoms with E-state index in [2.05, 4.69) is 15.6 Å². The number of nitrogens with one attached hydrogen (secondary N) is 2. The standard InChI is InChI=1S/C28H28Cl2N6O2/c1-18(28(38)34-26(27(31)37)12-19-6-3-2-4-7-19)15-33-17-22-14-25(20-8-5-11-32-16-20)35-36(22)21-9-10-23(29)24(30)13-21/h2-11,13-14,16,18,26,33H,12,15,17H2,1H3,(H2,31,37)(H,34,38)/t18?,26-/m0/s1.